The molecule has 170 valence electrons. The summed E-state index contributed by atoms with van der Waals surface area (Å²) >= 11 is 0. The van der Waals surface area contributed by atoms with Gasteiger partial charge in [-0.15, -0.1) is 0 Å². The van der Waals surface area contributed by atoms with Gasteiger partial charge in [-0.25, -0.2) is 9.78 Å². The molecule has 2 aliphatic rings. The lowest BCUT2D eigenvalue weighted by molar-refractivity contribution is -0.150. The molecule has 3 amide bonds. The van der Waals surface area contributed by atoms with Crippen molar-refractivity contribution in [3.8, 4) is 0 Å². The van der Waals surface area contributed by atoms with Crippen molar-refractivity contribution in [3.63, 3.8) is 0 Å². The number of hydrogen-bond donors (Lipinski definition) is 6. The highest BCUT2D eigenvalue weighted by Gasteiger charge is 2.38. The Labute approximate surface area is 178 Å². The SMILES string of the molecule is O=C(NC(Cc1cnc[nH]1)C(=O)NC(CO)C(=O)N1CCCC1C(=O)O)C1CCCN1. The highest BCUT2D eigenvalue weighted by molar-refractivity contribution is 5.94. The van der Waals surface area contributed by atoms with Crippen LogP contribution in [0.1, 0.15) is 31.4 Å². The van der Waals surface area contributed by atoms with Crippen LogP contribution in [0.25, 0.3) is 0 Å². The molecule has 0 spiro atoms. The summed E-state index contributed by atoms with van der Waals surface area (Å²) in [5, 5.41) is 27.2. The fourth-order valence-electron chi connectivity index (χ4n) is 3.95. The molecule has 1 aromatic rings. The summed E-state index contributed by atoms with van der Waals surface area (Å²) in [5.74, 6) is -2.76. The standard InChI is InChI=1S/C19H28N6O6/c26-9-14(18(29)25-6-2-4-15(25)19(30)31)24-17(28)13(7-11-8-20-10-22-11)23-16(27)12-3-1-5-21-12/h8,10,12-15,21,26H,1-7,9H2,(H,20,22)(H,23,27)(H,24,28)(H,30,31). The Balaban J connectivity index is 1.68. The average Bonchev–Trinajstić information content (AvgIpc) is 3.52. The lowest BCUT2D eigenvalue weighted by Gasteiger charge is -2.28. The number of amides is 3. The van der Waals surface area contributed by atoms with Crippen molar-refractivity contribution >= 4 is 23.7 Å². The number of aromatic amines is 1. The number of aromatic nitrogens is 2. The average molecular weight is 436 g/mol. The van der Waals surface area contributed by atoms with Crippen LogP contribution in [0.5, 0.6) is 0 Å². The van der Waals surface area contributed by atoms with Gasteiger partial charge in [0.1, 0.15) is 18.1 Å². The van der Waals surface area contributed by atoms with Crippen molar-refractivity contribution in [1.29, 1.82) is 0 Å². The number of carbonyl (C=O) groups is 4. The maximum atomic E-state index is 12.9. The summed E-state index contributed by atoms with van der Waals surface area (Å²) in [5.41, 5.74) is 0.609. The van der Waals surface area contributed by atoms with E-state index in [1.165, 1.54) is 12.5 Å². The predicted molar refractivity (Wildman–Crippen MR) is 107 cm³/mol. The van der Waals surface area contributed by atoms with E-state index in [4.69, 9.17) is 0 Å². The van der Waals surface area contributed by atoms with Gasteiger partial charge < -0.3 is 36.0 Å². The van der Waals surface area contributed by atoms with E-state index in [1.807, 2.05) is 0 Å². The van der Waals surface area contributed by atoms with Crippen molar-refractivity contribution < 1.29 is 29.4 Å². The van der Waals surface area contributed by atoms with E-state index in [2.05, 4.69) is 25.9 Å². The molecular weight excluding hydrogens is 408 g/mol. The van der Waals surface area contributed by atoms with E-state index in [9.17, 15) is 29.4 Å². The first kappa shape index (κ1) is 22.7. The largest absolute Gasteiger partial charge is 0.480 e. The summed E-state index contributed by atoms with van der Waals surface area (Å²) < 4.78 is 0. The van der Waals surface area contributed by atoms with Gasteiger partial charge >= 0.3 is 5.97 Å². The van der Waals surface area contributed by atoms with Gasteiger partial charge in [-0.3, -0.25) is 14.4 Å². The van der Waals surface area contributed by atoms with E-state index in [0.29, 0.717) is 25.0 Å². The van der Waals surface area contributed by atoms with Crippen LogP contribution in [0.3, 0.4) is 0 Å². The molecule has 0 aliphatic carbocycles. The Kier molecular flexibility index (Phi) is 7.58. The molecular formula is C19H28N6O6. The number of nitrogens with zero attached hydrogens (tertiary/aromatic N) is 2. The van der Waals surface area contributed by atoms with Crippen molar-refractivity contribution in [2.24, 2.45) is 0 Å². The number of H-pyrrole nitrogens is 1. The molecule has 6 N–H and O–H groups in total. The molecule has 2 fully saturated rings. The molecule has 0 saturated carbocycles. The van der Waals surface area contributed by atoms with Crippen molar-refractivity contribution in [2.75, 3.05) is 19.7 Å². The number of likely N-dealkylation sites (tertiary alicyclic amines) is 1. The normalized spacial score (nSPS) is 22.7. The highest BCUT2D eigenvalue weighted by Crippen LogP contribution is 2.18. The number of carbonyl (C=O) groups excluding carboxylic acids is 3. The number of aliphatic hydroxyl groups excluding tert-OH is 1. The molecule has 2 aliphatic heterocycles. The van der Waals surface area contributed by atoms with Crippen LogP contribution in [-0.2, 0) is 25.6 Å². The third kappa shape index (κ3) is 5.58. The first-order chi connectivity index (χ1) is 14.9. The van der Waals surface area contributed by atoms with Crippen LogP contribution in [0.15, 0.2) is 12.5 Å². The third-order valence-corrected chi connectivity index (χ3v) is 5.61. The van der Waals surface area contributed by atoms with Gasteiger partial charge in [0.2, 0.25) is 17.7 Å². The van der Waals surface area contributed by atoms with Crippen LogP contribution < -0.4 is 16.0 Å². The number of carboxylic acid groups (broad SMARTS) is 1. The summed E-state index contributed by atoms with van der Waals surface area (Å²) in [7, 11) is 0. The fourth-order valence-corrected chi connectivity index (χ4v) is 3.95. The summed E-state index contributed by atoms with van der Waals surface area (Å²) in [4.78, 5) is 57.6. The smallest absolute Gasteiger partial charge is 0.326 e. The van der Waals surface area contributed by atoms with E-state index in [0.717, 1.165) is 17.9 Å². The molecule has 12 heteroatoms. The van der Waals surface area contributed by atoms with Gasteiger partial charge in [0.05, 0.1) is 19.0 Å². The monoisotopic (exact) mass is 436 g/mol. The van der Waals surface area contributed by atoms with Gasteiger partial charge in [-0.2, -0.15) is 0 Å². The Morgan fingerprint density at radius 1 is 1.19 bits per heavy atom. The molecule has 4 unspecified atom stereocenters. The first-order valence-corrected chi connectivity index (χ1v) is 10.4. The van der Waals surface area contributed by atoms with E-state index < -0.39 is 48.6 Å². The van der Waals surface area contributed by atoms with Crippen LogP contribution in [0, 0.1) is 0 Å². The minimum Gasteiger partial charge on any atom is -0.480 e. The van der Waals surface area contributed by atoms with E-state index in [1.54, 1.807) is 0 Å². The summed E-state index contributed by atoms with van der Waals surface area (Å²) in [6.45, 7) is 0.267. The molecule has 0 radical (unpaired) electrons. The lowest BCUT2D eigenvalue weighted by Crippen LogP contribution is -2.58. The molecule has 1 aromatic heterocycles. The molecule has 12 nitrogen and oxygen atoms in total. The molecule has 3 rings (SSSR count). The Morgan fingerprint density at radius 3 is 2.61 bits per heavy atom. The molecule has 3 heterocycles. The molecule has 2 saturated heterocycles. The Morgan fingerprint density at radius 2 is 2.00 bits per heavy atom. The molecule has 31 heavy (non-hydrogen) atoms. The third-order valence-electron chi connectivity index (χ3n) is 5.61. The number of imidazole rings is 1. The maximum Gasteiger partial charge on any atom is 0.326 e. The zero-order chi connectivity index (χ0) is 22.4. The number of rotatable bonds is 9. The van der Waals surface area contributed by atoms with Crippen LogP contribution in [0.2, 0.25) is 0 Å². The van der Waals surface area contributed by atoms with E-state index >= 15 is 0 Å². The Hall–Kier alpha value is -2.99. The molecule has 0 bridgehead atoms. The topological polar surface area (TPSA) is 177 Å². The number of nitrogens with one attached hydrogen (secondary N) is 4. The van der Waals surface area contributed by atoms with Gasteiger partial charge in [0, 0.05) is 24.9 Å². The summed E-state index contributed by atoms with van der Waals surface area (Å²) in [6.07, 6.45) is 5.45. The zero-order valence-corrected chi connectivity index (χ0v) is 17.0. The first-order valence-electron chi connectivity index (χ1n) is 10.4. The second-order valence-electron chi connectivity index (χ2n) is 7.76. The van der Waals surface area contributed by atoms with Gasteiger partial charge in [0.25, 0.3) is 0 Å². The lowest BCUT2D eigenvalue weighted by atomic mass is 10.1. The van der Waals surface area contributed by atoms with Crippen molar-refractivity contribution in [2.45, 2.75) is 56.3 Å². The van der Waals surface area contributed by atoms with Crippen molar-refractivity contribution in [3.05, 3.63) is 18.2 Å². The van der Waals surface area contributed by atoms with Crippen LogP contribution in [0.4, 0.5) is 0 Å². The van der Waals surface area contributed by atoms with E-state index in [-0.39, 0.29) is 18.9 Å². The van der Waals surface area contributed by atoms with Crippen LogP contribution in [-0.4, -0.2) is 92.6 Å². The second-order valence-corrected chi connectivity index (χ2v) is 7.76. The van der Waals surface area contributed by atoms with Gasteiger partial charge in [-0.1, -0.05) is 0 Å². The number of aliphatic carboxylic acids is 1. The van der Waals surface area contributed by atoms with Crippen LogP contribution >= 0.6 is 0 Å². The second kappa shape index (κ2) is 10.4. The minimum absolute atomic E-state index is 0.109. The van der Waals surface area contributed by atoms with Crippen molar-refractivity contribution in [1.82, 2.24) is 30.8 Å². The number of aliphatic hydroxyl groups is 1. The zero-order valence-electron chi connectivity index (χ0n) is 17.0. The van der Waals surface area contributed by atoms with Gasteiger partial charge in [-0.05, 0) is 32.2 Å². The minimum atomic E-state index is -1.31. The molecule has 0 aromatic carbocycles. The highest BCUT2D eigenvalue weighted by atomic mass is 16.4. The van der Waals surface area contributed by atoms with Gasteiger partial charge in [0.15, 0.2) is 0 Å². The number of hydrogen-bond acceptors (Lipinski definition) is 7. The quantitative estimate of drug-likeness (QED) is 0.251. The number of carboxylic acids is 1. The predicted octanol–water partition coefficient (Wildman–Crippen LogP) is -2.26. The fraction of sp³-hybridized carbons (Fsp3) is 0.632. The maximum absolute atomic E-state index is 12.9. The molecule has 4 atom stereocenters. The Bertz CT molecular complexity index is 794. The summed E-state index contributed by atoms with van der Waals surface area (Å²) in [6, 6.07) is -3.69.